The molecule has 2 rings (SSSR count). The van der Waals surface area contributed by atoms with Gasteiger partial charge in [-0.3, -0.25) is 4.79 Å². The van der Waals surface area contributed by atoms with Crippen LogP contribution in [0.3, 0.4) is 0 Å². The molecule has 0 heterocycles. The first-order valence-corrected chi connectivity index (χ1v) is 8.69. The van der Waals surface area contributed by atoms with E-state index in [1.165, 1.54) is 26.4 Å². The molecule has 0 aliphatic heterocycles. The number of nitrogens with one attached hydrogen (secondary N) is 1. The molecule has 0 saturated heterocycles. The van der Waals surface area contributed by atoms with Gasteiger partial charge in [-0.25, -0.2) is 4.79 Å². The van der Waals surface area contributed by atoms with Gasteiger partial charge >= 0.3 is 5.97 Å². The van der Waals surface area contributed by atoms with Crippen molar-refractivity contribution in [3.8, 4) is 17.2 Å². The Bertz CT molecular complexity index is 870. The van der Waals surface area contributed by atoms with Crippen LogP contribution in [0.4, 0.5) is 5.69 Å². The van der Waals surface area contributed by atoms with E-state index in [-0.39, 0.29) is 34.8 Å². The molecule has 0 bridgehead atoms. The molecular formula is C21H25NO6. The molecule has 28 heavy (non-hydrogen) atoms. The summed E-state index contributed by atoms with van der Waals surface area (Å²) >= 11 is 0. The van der Waals surface area contributed by atoms with Crippen molar-refractivity contribution in [2.75, 3.05) is 26.1 Å². The minimum absolute atomic E-state index is 0.0352. The fourth-order valence-electron chi connectivity index (χ4n) is 2.72. The van der Waals surface area contributed by atoms with Crippen molar-refractivity contribution in [1.29, 1.82) is 0 Å². The molecular weight excluding hydrogens is 362 g/mol. The number of aromatic carboxylic acids is 1. The highest BCUT2D eigenvalue weighted by Crippen LogP contribution is 2.37. The quantitative estimate of drug-likeness (QED) is 0.752. The van der Waals surface area contributed by atoms with Crippen LogP contribution in [0, 0.1) is 0 Å². The summed E-state index contributed by atoms with van der Waals surface area (Å²) in [5.74, 6) is -0.542. The number of rotatable bonds is 7. The van der Waals surface area contributed by atoms with E-state index in [2.05, 4.69) is 26.1 Å². The Morgan fingerprint density at radius 3 is 2.29 bits per heavy atom. The summed E-state index contributed by atoms with van der Waals surface area (Å²) in [4.78, 5) is 23.7. The van der Waals surface area contributed by atoms with Crippen LogP contribution in [0.2, 0.25) is 0 Å². The largest absolute Gasteiger partial charge is 0.493 e. The molecule has 7 heteroatoms. The number of benzene rings is 2. The van der Waals surface area contributed by atoms with Crippen molar-refractivity contribution in [2.45, 2.75) is 26.2 Å². The van der Waals surface area contributed by atoms with Gasteiger partial charge < -0.3 is 24.6 Å². The van der Waals surface area contributed by atoms with Crippen LogP contribution in [-0.4, -0.2) is 37.8 Å². The number of carbonyl (C=O) groups is 2. The monoisotopic (exact) mass is 387 g/mol. The second-order valence-corrected chi connectivity index (χ2v) is 7.15. The summed E-state index contributed by atoms with van der Waals surface area (Å²) < 4.78 is 16.1. The molecule has 0 radical (unpaired) electrons. The van der Waals surface area contributed by atoms with Gasteiger partial charge in [0.15, 0.2) is 18.1 Å². The van der Waals surface area contributed by atoms with Crippen molar-refractivity contribution in [2.24, 2.45) is 0 Å². The molecule has 2 N–H and O–H groups in total. The van der Waals surface area contributed by atoms with E-state index in [9.17, 15) is 14.7 Å². The topological polar surface area (TPSA) is 94.1 Å². The smallest absolute Gasteiger partial charge is 0.335 e. The Balaban J connectivity index is 2.20. The highest BCUT2D eigenvalue weighted by molar-refractivity contribution is 5.97. The van der Waals surface area contributed by atoms with E-state index in [0.717, 1.165) is 5.56 Å². The number of anilines is 1. The zero-order chi connectivity index (χ0) is 20.9. The second-order valence-electron chi connectivity index (χ2n) is 7.15. The van der Waals surface area contributed by atoms with E-state index in [4.69, 9.17) is 14.2 Å². The summed E-state index contributed by atoms with van der Waals surface area (Å²) in [6, 6.07) is 10.2. The van der Waals surface area contributed by atoms with Gasteiger partial charge in [0.05, 0.1) is 25.5 Å². The van der Waals surface area contributed by atoms with Crippen LogP contribution in [0.25, 0.3) is 0 Å². The molecule has 0 fully saturated rings. The Labute approximate surface area is 164 Å². The standard InChI is InChI=1S/C21H25NO6/c1-21(2,3)14-8-6-7-9-16(14)28-12-18(23)22-15-10-13(20(24)25)11-17(26-4)19(15)27-5/h6-11H,12H2,1-5H3,(H,22,23)(H,24,25). The van der Waals surface area contributed by atoms with E-state index in [1.54, 1.807) is 0 Å². The lowest BCUT2D eigenvalue weighted by atomic mass is 9.86. The summed E-state index contributed by atoms with van der Waals surface area (Å²) in [7, 11) is 2.80. The molecule has 0 saturated carbocycles. The van der Waals surface area contributed by atoms with Crippen LogP contribution in [-0.2, 0) is 10.2 Å². The lowest BCUT2D eigenvalue weighted by Gasteiger charge is -2.22. The number of ether oxygens (including phenoxy) is 3. The predicted molar refractivity (Wildman–Crippen MR) is 106 cm³/mol. The zero-order valence-electron chi connectivity index (χ0n) is 16.7. The number of carbonyl (C=O) groups excluding carboxylic acids is 1. The number of hydrogen-bond donors (Lipinski definition) is 2. The molecule has 2 aromatic rings. The maximum absolute atomic E-state index is 12.4. The average Bonchev–Trinajstić information content (AvgIpc) is 2.65. The lowest BCUT2D eigenvalue weighted by molar-refractivity contribution is -0.118. The normalized spacial score (nSPS) is 10.9. The molecule has 1 amide bonds. The Hall–Kier alpha value is -3.22. The second kappa shape index (κ2) is 8.65. The fourth-order valence-corrected chi connectivity index (χ4v) is 2.72. The lowest BCUT2D eigenvalue weighted by Crippen LogP contribution is -2.22. The van der Waals surface area contributed by atoms with Gasteiger partial charge in [-0.15, -0.1) is 0 Å². The van der Waals surface area contributed by atoms with E-state index in [1.807, 2.05) is 24.3 Å². The van der Waals surface area contributed by atoms with Crippen LogP contribution in [0.1, 0.15) is 36.7 Å². The van der Waals surface area contributed by atoms with E-state index < -0.39 is 11.9 Å². The first kappa shape index (κ1) is 21.1. The molecule has 150 valence electrons. The number of carboxylic acids is 1. The number of hydrogen-bond acceptors (Lipinski definition) is 5. The third-order valence-corrected chi connectivity index (χ3v) is 4.05. The van der Waals surface area contributed by atoms with Crippen LogP contribution < -0.4 is 19.5 Å². The van der Waals surface area contributed by atoms with Crippen molar-refractivity contribution >= 4 is 17.6 Å². The Morgan fingerprint density at radius 2 is 1.71 bits per heavy atom. The first-order chi connectivity index (χ1) is 13.2. The van der Waals surface area contributed by atoms with Gasteiger partial charge in [-0.2, -0.15) is 0 Å². The predicted octanol–water partition coefficient (Wildman–Crippen LogP) is 3.72. The first-order valence-electron chi connectivity index (χ1n) is 8.69. The molecule has 0 aromatic heterocycles. The molecule has 2 aromatic carbocycles. The zero-order valence-corrected chi connectivity index (χ0v) is 16.7. The molecule has 0 unspecified atom stereocenters. The maximum atomic E-state index is 12.4. The third-order valence-electron chi connectivity index (χ3n) is 4.05. The molecule has 0 aliphatic carbocycles. The number of amides is 1. The van der Waals surface area contributed by atoms with Gasteiger partial charge in [0.2, 0.25) is 0 Å². The maximum Gasteiger partial charge on any atom is 0.335 e. The minimum Gasteiger partial charge on any atom is -0.493 e. The van der Waals surface area contributed by atoms with Crippen molar-refractivity contribution in [3.63, 3.8) is 0 Å². The van der Waals surface area contributed by atoms with Gasteiger partial charge in [0, 0.05) is 0 Å². The van der Waals surface area contributed by atoms with Crippen LogP contribution >= 0.6 is 0 Å². The van der Waals surface area contributed by atoms with E-state index >= 15 is 0 Å². The summed E-state index contributed by atoms with van der Waals surface area (Å²) in [5.41, 5.74) is 0.998. The molecule has 0 spiro atoms. The molecule has 0 atom stereocenters. The fraction of sp³-hybridized carbons (Fsp3) is 0.333. The number of para-hydroxylation sites is 1. The Kier molecular flexibility index (Phi) is 6.51. The van der Waals surface area contributed by atoms with Crippen LogP contribution in [0.15, 0.2) is 36.4 Å². The Morgan fingerprint density at radius 1 is 1.04 bits per heavy atom. The van der Waals surface area contributed by atoms with Gasteiger partial charge in [0.1, 0.15) is 5.75 Å². The number of methoxy groups -OCH3 is 2. The summed E-state index contributed by atoms with van der Waals surface area (Å²) in [6.45, 7) is 5.94. The van der Waals surface area contributed by atoms with E-state index in [0.29, 0.717) is 5.75 Å². The molecule has 0 aliphatic rings. The summed E-state index contributed by atoms with van der Waals surface area (Å²) in [5, 5.41) is 11.9. The molecule has 7 nitrogen and oxygen atoms in total. The van der Waals surface area contributed by atoms with Gasteiger partial charge in [0.25, 0.3) is 5.91 Å². The highest BCUT2D eigenvalue weighted by Gasteiger charge is 2.20. The van der Waals surface area contributed by atoms with Crippen molar-refractivity contribution in [1.82, 2.24) is 0 Å². The summed E-state index contributed by atoms with van der Waals surface area (Å²) in [6.07, 6.45) is 0. The van der Waals surface area contributed by atoms with Crippen molar-refractivity contribution in [3.05, 3.63) is 47.5 Å². The SMILES string of the molecule is COc1cc(C(=O)O)cc(NC(=O)COc2ccccc2C(C)(C)C)c1OC. The van der Waals surface area contributed by atoms with Crippen molar-refractivity contribution < 1.29 is 28.9 Å². The van der Waals surface area contributed by atoms with Gasteiger partial charge in [-0.05, 0) is 29.2 Å². The minimum atomic E-state index is -1.15. The average molecular weight is 387 g/mol. The van der Waals surface area contributed by atoms with Crippen LogP contribution in [0.5, 0.6) is 17.2 Å². The van der Waals surface area contributed by atoms with Gasteiger partial charge in [-0.1, -0.05) is 39.0 Å². The third kappa shape index (κ3) is 4.94. The number of carboxylic acid groups (broad SMARTS) is 1. The highest BCUT2D eigenvalue weighted by atomic mass is 16.5.